The number of hydrogen-bond acceptors (Lipinski definition) is 2. The number of aliphatic hydroxyl groups excluding tert-OH is 1. The third kappa shape index (κ3) is 2.11. The summed E-state index contributed by atoms with van der Waals surface area (Å²) in [5, 5.41) is 15.2. The average Bonchev–Trinajstić information content (AvgIpc) is 2.50. The van der Waals surface area contributed by atoms with Crippen LogP contribution in [-0.4, -0.2) is 24.4 Å². The maximum atomic E-state index is 10.1. The highest BCUT2D eigenvalue weighted by Crippen LogP contribution is 2.30. The van der Waals surface area contributed by atoms with E-state index in [1.807, 2.05) is 0 Å². The van der Waals surface area contributed by atoms with Gasteiger partial charge in [-0.1, -0.05) is 36.4 Å². The Hall–Kier alpha value is -1.90. The molecule has 0 radical (unpaired) electrons. The van der Waals surface area contributed by atoms with Crippen molar-refractivity contribution in [2.75, 3.05) is 7.11 Å². The Labute approximate surface area is 124 Å². The first-order valence-corrected chi connectivity index (χ1v) is 7.40. The van der Waals surface area contributed by atoms with Gasteiger partial charge in [0.1, 0.15) is 0 Å². The van der Waals surface area contributed by atoms with Gasteiger partial charge in [-0.05, 0) is 44.8 Å². The van der Waals surface area contributed by atoms with E-state index in [0.29, 0.717) is 6.42 Å². The standard InChI is InChI=1S/C19H18O2/c1-21-19-11-17-9-15-7-13-5-3-2-4-12(13)6-14(15)8-16(17)10-18(19)20/h2-9,18-20H,10-11H2,1H3. The molecule has 3 aromatic carbocycles. The van der Waals surface area contributed by atoms with Crippen LogP contribution in [0.25, 0.3) is 21.5 Å². The monoisotopic (exact) mass is 278 g/mol. The highest BCUT2D eigenvalue weighted by molar-refractivity contribution is 5.98. The molecule has 2 nitrogen and oxygen atoms in total. The fourth-order valence-corrected chi connectivity index (χ4v) is 3.42. The molecule has 0 spiro atoms. The molecular formula is C19H18O2. The molecule has 1 aliphatic carbocycles. The van der Waals surface area contributed by atoms with Crippen molar-refractivity contribution in [3.8, 4) is 0 Å². The molecule has 0 bridgehead atoms. The zero-order chi connectivity index (χ0) is 14.4. The molecule has 0 amide bonds. The molecule has 0 saturated carbocycles. The zero-order valence-corrected chi connectivity index (χ0v) is 12.0. The number of hydrogen-bond donors (Lipinski definition) is 1. The first-order valence-electron chi connectivity index (χ1n) is 7.40. The van der Waals surface area contributed by atoms with Gasteiger partial charge in [0.05, 0.1) is 12.2 Å². The summed E-state index contributed by atoms with van der Waals surface area (Å²) in [5.41, 5.74) is 2.55. The van der Waals surface area contributed by atoms with E-state index in [9.17, 15) is 5.11 Å². The maximum Gasteiger partial charge on any atom is 0.0873 e. The largest absolute Gasteiger partial charge is 0.390 e. The summed E-state index contributed by atoms with van der Waals surface area (Å²) in [7, 11) is 1.67. The van der Waals surface area contributed by atoms with E-state index in [1.165, 1.54) is 32.7 Å². The summed E-state index contributed by atoms with van der Waals surface area (Å²) in [5.74, 6) is 0. The molecule has 0 heterocycles. The second kappa shape index (κ2) is 4.83. The van der Waals surface area contributed by atoms with Crippen LogP contribution in [0, 0.1) is 0 Å². The van der Waals surface area contributed by atoms with Gasteiger partial charge in [0.25, 0.3) is 0 Å². The third-order valence-corrected chi connectivity index (χ3v) is 4.61. The van der Waals surface area contributed by atoms with Crippen molar-refractivity contribution in [3.05, 3.63) is 59.7 Å². The molecule has 0 aromatic heterocycles. The van der Waals surface area contributed by atoms with Crippen LogP contribution in [0.15, 0.2) is 48.5 Å². The van der Waals surface area contributed by atoms with Crippen LogP contribution in [0.1, 0.15) is 11.1 Å². The van der Waals surface area contributed by atoms with Crippen molar-refractivity contribution in [2.24, 2.45) is 0 Å². The zero-order valence-electron chi connectivity index (χ0n) is 12.0. The summed E-state index contributed by atoms with van der Waals surface area (Å²) in [6.07, 6.45) is 0.975. The lowest BCUT2D eigenvalue weighted by atomic mass is 9.85. The smallest absolute Gasteiger partial charge is 0.0873 e. The van der Waals surface area contributed by atoms with Crippen molar-refractivity contribution < 1.29 is 9.84 Å². The number of fused-ring (bicyclic) bond motifs is 3. The van der Waals surface area contributed by atoms with E-state index < -0.39 is 6.10 Å². The van der Waals surface area contributed by atoms with E-state index >= 15 is 0 Å². The van der Waals surface area contributed by atoms with E-state index in [1.54, 1.807) is 7.11 Å². The molecule has 106 valence electrons. The lowest BCUT2D eigenvalue weighted by Gasteiger charge is -2.29. The fourth-order valence-electron chi connectivity index (χ4n) is 3.42. The van der Waals surface area contributed by atoms with Gasteiger partial charge in [0.15, 0.2) is 0 Å². The minimum atomic E-state index is -0.402. The van der Waals surface area contributed by atoms with E-state index in [2.05, 4.69) is 48.5 Å². The van der Waals surface area contributed by atoms with E-state index in [-0.39, 0.29) is 6.10 Å². The highest BCUT2D eigenvalue weighted by atomic mass is 16.5. The van der Waals surface area contributed by atoms with Gasteiger partial charge >= 0.3 is 0 Å². The average molecular weight is 278 g/mol. The first-order chi connectivity index (χ1) is 10.2. The third-order valence-electron chi connectivity index (χ3n) is 4.61. The highest BCUT2D eigenvalue weighted by Gasteiger charge is 2.26. The molecule has 0 fully saturated rings. The minimum Gasteiger partial charge on any atom is -0.390 e. The van der Waals surface area contributed by atoms with Crippen LogP contribution in [0.5, 0.6) is 0 Å². The lowest BCUT2D eigenvalue weighted by Crippen LogP contribution is -2.36. The molecular weight excluding hydrogens is 260 g/mol. The molecule has 21 heavy (non-hydrogen) atoms. The minimum absolute atomic E-state index is 0.0876. The summed E-state index contributed by atoms with van der Waals surface area (Å²) in [6, 6.07) is 17.4. The summed E-state index contributed by atoms with van der Waals surface area (Å²) in [4.78, 5) is 0. The lowest BCUT2D eigenvalue weighted by molar-refractivity contribution is -0.0161. The number of ether oxygens (including phenoxy) is 1. The van der Waals surface area contributed by atoms with Crippen LogP contribution in [0.4, 0.5) is 0 Å². The Balaban J connectivity index is 1.91. The molecule has 4 rings (SSSR count). The second-order valence-electron chi connectivity index (χ2n) is 5.92. The molecule has 2 unspecified atom stereocenters. The Morgan fingerprint density at radius 3 is 2.00 bits per heavy atom. The van der Waals surface area contributed by atoms with Crippen LogP contribution in [-0.2, 0) is 17.6 Å². The molecule has 3 aromatic rings. The fraction of sp³-hybridized carbons (Fsp3) is 0.263. The summed E-state index contributed by atoms with van der Waals surface area (Å²) in [6.45, 7) is 0. The van der Waals surface area contributed by atoms with Crippen molar-refractivity contribution in [3.63, 3.8) is 0 Å². The van der Waals surface area contributed by atoms with Crippen molar-refractivity contribution in [1.29, 1.82) is 0 Å². The van der Waals surface area contributed by atoms with Gasteiger partial charge in [-0.3, -0.25) is 0 Å². The SMILES string of the molecule is COC1Cc2cc3cc4ccccc4cc3cc2CC1O. The van der Waals surface area contributed by atoms with Gasteiger partial charge in [0, 0.05) is 20.0 Å². The van der Waals surface area contributed by atoms with Gasteiger partial charge in [-0.25, -0.2) is 0 Å². The van der Waals surface area contributed by atoms with Gasteiger partial charge < -0.3 is 9.84 Å². The molecule has 1 aliphatic rings. The van der Waals surface area contributed by atoms with Crippen molar-refractivity contribution in [2.45, 2.75) is 25.0 Å². The predicted octanol–water partition coefficient (Wildman–Crippen LogP) is 3.47. The number of methoxy groups -OCH3 is 1. The van der Waals surface area contributed by atoms with Gasteiger partial charge in [-0.2, -0.15) is 0 Å². The van der Waals surface area contributed by atoms with E-state index in [4.69, 9.17) is 4.74 Å². The Morgan fingerprint density at radius 1 is 0.857 bits per heavy atom. The first kappa shape index (κ1) is 12.8. The summed E-state index contributed by atoms with van der Waals surface area (Å²) >= 11 is 0. The topological polar surface area (TPSA) is 29.5 Å². The number of benzene rings is 3. The van der Waals surface area contributed by atoms with Gasteiger partial charge in [-0.15, -0.1) is 0 Å². The van der Waals surface area contributed by atoms with Crippen LogP contribution >= 0.6 is 0 Å². The van der Waals surface area contributed by atoms with Gasteiger partial charge in [0.2, 0.25) is 0 Å². The Bertz CT molecular complexity index is 822. The second-order valence-corrected chi connectivity index (χ2v) is 5.92. The van der Waals surface area contributed by atoms with E-state index in [0.717, 1.165) is 6.42 Å². The maximum absolute atomic E-state index is 10.1. The predicted molar refractivity (Wildman–Crippen MR) is 85.7 cm³/mol. The Kier molecular flexibility index (Phi) is 2.95. The molecule has 2 atom stereocenters. The molecule has 0 saturated heterocycles. The quantitative estimate of drug-likeness (QED) is 0.691. The van der Waals surface area contributed by atoms with Crippen molar-refractivity contribution >= 4 is 21.5 Å². The van der Waals surface area contributed by atoms with Crippen LogP contribution in [0.3, 0.4) is 0 Å². The van der Waals surface area contributed by atoms with Crippen LogP contribution < -0.4 is 0 Å². The van der Waals surface area contributed by atoms with Crippen molar-refractivity contribution in [1.82, 2.24) is 0 Å². The molecule has 0 aliphatic heterocycles. The number of aliphatic hydroxyl groups is 1. The normalized spacial score (nSPS) is 21.6. The molecule has 1 N–H and O–H groups in total. The summed E-state index contributed by atoms with van der Waals surface area (Å²) < 4.78 is 5.39. The molecule has 2 heteroatoms. The van der Waals surface area contributed by atoms with Crippen LogP contribution in [0.2, 0.25) is 0 Å². The Morgan fingerprint density at radius 2 is 1.43 bits per heavy atom. The number of rotatable bonds is 1.